The van der Waals surface area contributed by atoms with Crippen LogP contribution < -0.4 is 5.73 Å². The molecule has 0 aliphatic rings. The number of aliphatic hydroxyl groups is 1. The van der Waals surface area contributed by atoms with E-state index in [-0.39, 0.29) is 18.4 Å². The molecule has 13 heavy (non-hydrogen) atoms. The van der Waals surface area contributed by atoms with E-state index in [4.69, 9.17) is 15.4 Å². The van der Waals surface area contributed by atoms with Gasteiger partial charge in [0.1, 0.15) is 5.37 Å². The molecule has 0 aliphatic heterocycles. The zero-order valence-electron chi connectivity index (χ0n) is 7.90. The molecule has 5 nitrogen and oxygen atoms in total. The van der Waals surface area contributed by atoms with Crippen molar-refractivity contribution in [3.8, 4) is 0 Å². The molecule has 1 unspecified atom stereocenters. The van der Waals surface area contributed by atoms with E-state index >= 15 is 0 Å². The van der Waals surface area contributed by atoms with Crippen LogP contribution >= 0.6 is 0 Å². The zero-order valence-corrected chi connectivity index (χ0v) is 8.71. The van der Waals surface area contributed by atoms with Gasteiger partial charge in [-0.1, -0.05) is 13.8 Å². The summed E-state index contributed by atoms with van der Waals surface area (Å²) in [7, 11) is -4.14. The van der Waals surface area contributed by atoms with Gasteiger partial charge in [0.15, 0.2) is 0 Å². The molecule has 4 N–H and O–H groups in total. The maximum absolute atomic E-state index is 10.5. The molecule has 0 aromatic rings. The third-order valence-electron chi connectivity index (χ3n) is 1.92. The highest BCUT2D eigenvalue weighted by Crippen LogP contribution is 2.22. The SMILES string of the molecule is CC(C)(CO)CCC(N)S(=O)(=O)O. The lowest BCUT2D eigenvalue weighted by atomic mass is 9.89. The van der Waals surface area contributed by atoms with E-state index in [2.05, 4.69) is 0 Å². The van der Waals surface area contributed by atoms with Gasteiger partial charge in [0, 0.05) is 6.61 Å². The van der Waals surface area contributed by atoms with E-state index in [0.717, 1.165) is 0 Å². The molecule has 0 fully saturated rings. The fourth-order valence-corrected chi connectivity index (χ4v) is 1.18. The number of rotatable bonds is 5. The van der Waals surface area contributed by atoms with Gasteiger partial charge in [0.2, 0.25) is 0 Å². The summed E-state index contributed by atoms with van der Waals surface area (Å²) < 4.78 is 29.5. The summed E-state index contributed by atoms with van der Waals surface area (Å²) >= 11 is 0. The Hall–Kier alpha value is -0.170. The number of hydrogen-bond donors (Lipinski definition) is 3. The Bertz CT molecular complexity index is 247. The minimum absolute atomic E-state index is 0.0365. The summed E-state index contributed by atoms with van der Waals surface area (Å²) in [5, 5.41) is 7.61. The first kappa shape index (κ1) is 12.8. The van der Waals surface area contributed by atoms with Crippen LogP contribution in [0.4, 0.5) is 0 Å². The van der Waals surface area contributed by atoms with Gasteiger partial charge in [-0.15, -0.1) is 0 Å². The van der Waals surface area contributed by atoms with Gasteiger partial charge in [-0.3, -0.25) is 4.55 Å². The highest BCUT2D eigenvalue weighted by molar-refractivity contribution is 7.86. The molecule has 0 aliphatic carbocycles. The van der Waals surface area contributed by atoms with E-state index in [9.17, 15) is 8.42 Å². The Morgan fingerprint density at radius 3 is 2.23 bits per heavy atom. The molecule has 0 amide bonds. The van der Waals surface area contributed by atoms with Crippen LogP contribution in [0.15, 0.2) is 0 Å². The molecule has 0 saturated heterocycles. The van der Waals surface area contributed by atoms with E-state index < -0.39 is 15.5 Å². The molecule has 0 saturated carbocycles. The smallest absolute Gasteiger partial charge is 0.280 e. The van der Waals surface area contributed by atoms with E-state index in [0.29, 0.717) is 6.42 Å². The standard InChI is InChI=1S/C7H17NO4S/c1-7(2,5-9)4-3-6(8)13(10,11)12/h6,9H,3-5,8H2,1-2H3,(H,10,11,12). The Labute approximate surface area is 78.7 Å². The van der Waals surface area contributed by atoms with Crippen molar-refractivity contribution in [1.82, 2.24) is 0 Å². The monoisotopic (exact) mass is 211 g/mol. The molecule has 0 bridgehead atoms. The average Bonchev–Trinajstić information content (AvgIpc) is 1.98. The lowest BCUT2D eigenvalue weighted by molar-refractivity contribution is 0.147. The largest absolute Gasteiger partial charge is 0.396 e. The van der Waals surface area contributed by atoms with Crippen LogP contribution in [-0.2, 0) is 10.1 Å². The fraction of sp³-hybridized carbons (Fsp3) is 1.00. The molecule has 0 aromatic heterocycles. The molecule has 0 spiro atoms. The van der Waals surface area contributed by atoms with Crippen molar-refractivity contribution in [2.45, 2.75) is 32.1 Å². The van der Waals surface area contributed by atoms with Crippen LogP contribution in [0.3, 0.4) is 0 Å². The van der Waals surface area contributed by atoms with E-state index in [1.807, 2.05) is 0 Å². The van der Waals surface area contributed by atoms with Crippen LogP contribution in [0.2, 0.25) is 0 Å². The summed E-state index contributed by atoms with van der Waals surface area (Å²) in [6.45, 7) is 3.55. The summed E-state index contributed by atoms with van der Waals surface area (Å²) in [6, 6.07) is 0. The molecule has 6 heteroatoms. The second kappa shape index (κ2) is 4.36. The normalized spacial score (nSPS) is 15.8. The Morgan fingerprint density at radius 2 is 1.92 bits per heavy atom. The summed E-state index contributed by atoms with van der Waals surface area (Å²) in [5.41, 5.74) is 4.83. The van der Waals surface area contributed by atoms with Crippen molar-refractivity contribution in [3.05, 3.63) is 0 Å². The quantitative estimate of drug-likeness (QED) is 0.554. The maximum atomic E-state index is 10.5. The van der Waals surface area contributed by atoms with Crippen LogP contribution in [0.25, 0.3) is 0 Å². The van der Waals surface area contributed by atoms with Crippen LogP contribution in [0, 0.1) is 5.41 Å². The van der Waals surface area contributed by atoms with Gasteiger partial charge >= 0.3 is 0 Å². The van der Waals surface area contributed by atoms with Crippen molar-refractivity contribution < 1.29 is 18.1 Å². The Morgan fingerprint density at radius 1 is 1.46 bits per heavy atom. The lowest BCUT2D eigenvalue weighted by Gasteiger charge is -2.22. The minimum atomic E-state index is -4.14. The first-order valence-corrected chi connectivity index (χ1v) is 5.52. The molecule has 80 valence electrons. The Kier molecular flexibility index (Phi) is 4.31. The lowest BCUT2D eigenvalue weighted by Crippen LogP contribution is -2.32. The molecule has 0 aromatic carbocycles. The second-order valence-corrected chi connectivity index (χ2v) is 5.55. The molecule has 0 heterocycles. The molecule has 1 atom stereocenters. The topological polar surface area (TPSA) is 101 Å². The highest BCUT2D eigenvalue weighted by atomic mass is 32.2. The van der Waals surface area contributed by atoms with Crippen molar-refractivity contribution in [3.63, 3.8) is 0 Å². The molecular formula is C7H17NO4S. The van der Waals surface area contributed by atoms with Crippen LogP contribution in [-0.4, -0.2) is 30.1 Å². The average molecular weight is 211 g/mol. The third-order valence-corrected chi connectivity index (χ3v) is 2.92. The number of hydrogen-bond acceptors (Lipinski definition) is 4. The third kappa shape index (κ3) is 5.20. The zero-order chi connectivity index (χ0) is 10.7. The minimum Gasteiger partial charge on any atom is -0.396 e. The first-order valence-electron chi connectivity index (χ1n) is 4.02. The van der Waals surface area contributed by atoms with Gasteiger partial charge < -0.3 is 10.8 Å². The van der Waals surface area contributed by atoms with Gasteiger partial charge in [-0.05, 0) is 18.3 Å². The predicted molar refractivity (Wildman–Crippen MR) is 49.6 cm³/mol. The first-order chi connectivity index (χ1) is 5.69. The van der Waals surface area contributed by atoms with Gasteiger partial charge in [-0.25, -0.2) is 0 Å². The number of nitrogens with two attached hydrogens (primary N) is 1. The van der Waals surface area contributed by atoms with Gasteiger partial charge in [-0.2, -0.15) is 8.42 Å². The fourth-order valence-electron chi connectivity index (χ4n) is 0.761. The van der Waals surface area contributed by atoms with Crippen LogP contribution in [0.1, 0.15) is 26.7 Å². The van der Waals surface area contributed by atoms with Crippen LogP contribution in [0.5, 0.6) is 0 Å². The van der Waals surface area contributed by atoms with E-state index in [1.165, 1.54) is 0 Å². The van der Waals surface area contributed by atoms with Crippen molar-refractivity contribution >= 4 is 10.1 Å². The van der Waals surface area contributed by atoms with Crippen molar-refractivity contribution in [2.75, 3.05) is 6.61 Å². The summed E-state index contributed by atoms with van der Waals surface area (Å²) in [5.74, 6) is 0. The second-order valence-electron chi connectivity index (χ2n) is 3.91. The number of aliphatic hydroxyl groups excluding tert-OH is 1. The van der Waals surface area contributed by atoms with Crippen molar-refractivity contribution in [1.29, 1.82) is 0 Å². The summed E-state index contributed by atoms with van der Waals surface area (Å²) in [6.07, 6.45) is 0.594. The molecular weight excluding hydrogens is 194 g/mol. The molecule has 0 rings (SSSR count). The van der Waals surface area contributed by atoms with E-state index in [1.54, 1.807) is 13.8 Å². The van der Waals surface area contributed by atoms with Gasteiger partial charge in [0.05, 0.1) is 0 Å². The molecule has 0 radical (unpaired) electrons. The predicted octanol–water partition coefficient (Wildman–Crippen LogP) is -0.0423. The summed E-state index contributed by atoms with van der Waals surface area (Å²) in [4.78, 5) is 0. The maximum Gasteiger partial charge on any atom is 0.280 e. The van der Waals surface area contributed by atoms with Gasteiger partial charge in [0.25, 0.3) is 10.1 Å². The Balaban J connectivity index is 4.05. The van der Waals surface area contributed by atoms with Crippen molar-refractivity contribution in [2.24, 2.45) is 11.1 Å². The highest BCUT2D eigenvalue weighted by Gasteiger charge is 2.23.